The highest BCUT2D eigenvalue weighted by Gasteiger charge is 2.36. The van der Waals surface area contributed by atoms with E-state index in [0.29, 0.717) is 0 Å². The van der Waals surface area contributed by atoms with Gasteiger partial charge in [-0.3, -0.25) is 0 Å². The van der Waals surface area contributed by atoms with Crippen molar-refractivity contribution in [3.8, 4) is 11.5 Å². The molecular formula is C20H23NO4. The van der Waals surface area contributed by atoms with Crippen LogP contribution < -0.4 is 14.6 Å². The molecule has 5 heteroatoms. The molecule has 0 aromatic heterocycles. The number of nitrogens with zero attached hydrogens (tertiary/aromatic N) is 1. The van der Waals surface area contributed by atoms with Gasteiger partial charge in [0.1, 0.15) is 7.11 Å². The van der Waals surface area contributed by atoms with E-state index in [-0.39, 0.29) is 17.9 Å². The molecule has 4 rings (SSSR count). The predicted molar refractivity (Wildman–Crippen MR) is 93.5 cm³/mol. The van der Waals surface area contributed by atoms with E-state index in [1.807, 2.05) is 6.08 Å². The molecule has 1 aromatic carbocycles. The molecular weight excluding hydrogens is 318 g/mol. The second-order valence-electron chi connectivity index (χ2n) is 6.62. The quantitative estimate of drug-likeness (QED) is 0.784. The lowest BCUT2D eigenvalue weighted by atomic mass is 9.81. The highest BCUT2D eigenvalue weighted by molar-refractivity contribution is 5.53. The smallest absolute Gasteiger partial charge is 0.194 e. The maximum absolute atomic E-state index is 12.1. The van der Waals surface area contributed by atoms with Crippen molar-refractivity contribution in [1.82, 2.24) is 4.90 Å². The minimum Gasteiger partial charge on any atom is -0.870 e. The van der Waals surface area contributed by atoms with E-state index in [9.17, 15) is 5.11 Å². The summed E-state index contributed by atoms with van der Waals surface area (Å²) in [4.78, 5) is 2.34. The molecule has 2 aliphatic heterocycles. The number of benzene rings is 1. The van der Waals surface area contributed by atoms with Gasteiger partial charge in [-0.2, -0.15) is 0 Å². The zero-order chi connectivity index (χ0) is 17.6. The first-order valence-corrected chi connectivity index (χ1v) is 8.55. The van der Waals surface area contributed by atoms with E-state index < -0.39 is 0 Å². The molecule has 0 saturated carbocycles. The average Bonchev–Trinajstić information content (AvgIpc) is 2.65. The molecule has 2 atom stereocenters. The summed E-state index contributed by atoms with van der Waals surface area (Å²) in [6.45, 7) is 0.929. The molecule has 0 saturated heterocycles. The van der Waals surface area contributed by atoms with Crippen molar-refractivity contribution in [2.45, 2.75) is 25.0 Å². The molecule has 5 nitrogen and oxygen atoms in total. The number of allylic oxidation sites excluding steroid dienone is 2. The van der Waals surface area contributed by atoms with Crippen LogP contribution in [-0.4, -0.2) is 43.6 Å². The molecule has 2 heterocycles. The summed E-state index contributed by atoms with van der Waals surface area (Å²) in [5.41, 5.74) is 4.85. The predicted octanol–water partition coefficient (Wildman–Crippen LogP) is 1.60. The van der Waals surface area contributed by atoms with Crippen LogP contribution in [0.5, 0.6) is 11.5 Å². The molecule has 0 bridgehead atoms. The van der Waals surface area contributed by atoms with Crippen molar-refractivity contribution in [3.63, 3.8) is 0 Å². The van der Waals surface area contributed by atoms with Crippen molar-refractivity contribution in [2.75, 3.05) is 27.9 Å². The van der Waals surface area contributed by atoms with Gasteiger partial charge in [0.2, 0.25) is 0 Å². The van der Waals surface area contributed by atoms with Crippen LogP contribution >= 0.6 is 0 Å². The first-order valence-electron chi connectivity index (χ1n) is 8.55. The summed E-state index contributed by atoms with van der Waals surface area (Å²) in [5.74, 6) is 1.61. The maximum atomic E-state index is 12.1. The third kappa shape index (κ3) is 2.50. The third-order valence-corrected chi connectivity index (χ3v) is 5.40. The second kappa shape index (κ2) is 6.15. The molecule has 0 amide bonds. The molecule has 1 N–H and O–H groups in total. The largest absolute Gasteiger partial charge is 0.870 e. The summed E-state index contributed by atoms with van der Waals surface area (Å²) >= 11 is 0. The number of methoxy groups -OCH3 is 2. The van der Waals surface area contributed by atoms with Crippen LogP contribution in [0.15, 0.2) is 47.4 Å². The number of ether oxygens (including phenoxy) is 3. The Morgan fingerprint density at radius 2 is 1.92 bits per heavy atom. The van der Waals surface area contributed by atoms with Crippen LogP contribution in [0.25, 0.3) is 0 Å². The monoisotopic (exact) mass is 341 g/mol. The van der Waals surface area contributed by atoms with Crippen LogP contribution in [0.2, 0.25) is 0 Å². The van der Waals surface area contributed by atoms with E-state index in [1.54, 1.807) is 27.4 Å². The second-order valence-corrected chi connectivity index (χ2v) is 6.62. The zero-order valence-corrected chi connectivity index (χ0v) is 14.8. The number of aliphatic hydroxyl groups is 2. The SMILES string of the molecule is COc1cc2c(cc1OC)C1CC3=CC=C([O-])C([OH+]C)C3=CN1CC2. The summed E-state index contributed by atoms with van der Waals surface area (Å²) in [5, 5.41) is 12.1. The molecule has 25 heavy (non-hydrogen) atoms. The van der Waals surface area contributed by atoms with E-state index in [0.717, 1.165) is 36.5 Å². The molecule has 0 radical (unpaired) electrons. The lowest BCUT2D eigenvalue weighted by molar-refractivity contribution is -0.327. The van der Waals surface area contributed by atoms with Gasteiger partial charge in [-0.1, -0.05) is 12.2 Å². The Hall–Kier alpha value is -2.40. The Morgan fingerprint density at radius 3 is 2.64 bits per heavy atom. The highest BCUT2D eigenvalue weighted by Crippen LogP contribution is 2.45. The van der Waals surface area contributed by atoms with Gasteiger partial charge in [0.05, 0.1) is 25.8 Å². The van der Waals surface area contributed by atoms with Gasteiger partial charge in [0.15, 0.2) is 17.6 Å². The Bertz CT molecular complexity index is 793. The fraction of sp³-hybridized carbons (Fsp3) is 0.400. The van der Waals surface area contributed by atoms with Gasteiger partial charge in [-0.25, -0.2) is 0 Å². The van der Waals surface area contributed by atoms with Crippen LogP contribution in [0.3, 0.4) is 0 Å². The lowest BCUT2D eigenvalue weighted by Crippen LogP contribution is -2.39. The summed E-state index contributed by atoms with van der Waals surface area (Å²) < 4.78 is 15.2. The Morgan fingerprint density at radius 1 is 1.16 bits per heavy atom. The molecule has 1 aromatic rings. The first kappa shape index (κ1) is 16.1. The Kier molecular flexibility index (Phi) is 3.96. The molecule has 0 fully saturated rings. The highest BCUT2D eigenvalue weighted by atomic mass is 16.5. The van der Waals surface area contributed by atoms with Gasteiger partial charge in [-0.15, -0.1) is 0 Å². The van der Waals surface area contributed by atoms with Crippen molar-refractivity contribution in [1.29, 1.82) is 0 Å². The van der Waals surface area contributed by atoms with Gasteiger partial charge >= 0.3 is 0 Å². The van der Waals surface area contributed by atoms with E-state index in [4.69, 9.17) is 9.47 Å². The van der Waals surface area contributed by atoms with E-state index >= 15 is 0 Å². The number of hydrogen-bond acceptors (Lipinski definition) is 4. The normalized spacial score (nSPS) is 24.3. The molecule has 1 aliphatic carbocycles. The number of fused-ring (bicyclic) bond motifs is 4. The Balaban J connectivity index is 1.76. The summed E-state index contributed by atoms with van der Waals surface area (Å²) in [6.07, 6.45) is 7.24. The number of rotatable bonds is 3. The fourth-order valence-electron chi connectivity index (χ4n) is 4.12. The van der Waals surface area contributed by atoms with Gasteiger partial charge in [0, 0.05) is 12.7 Å². The van der Waals surface area contributed by atoms with Crippen molar-refractivity contribution >= 4 is 0 Å². The maximum Gasteiger partial charge on any atom is 0.194 e. The standard InChI is InChI=1S/C20H23NO4/c1-23-18-9-13-6-7-21-11-15-12(4-5-17(22)20(15)25-3)8-16(21)14(13)10-19(18)24-2/h4-5,9-11,16,20,22H,6-8H2,1-3H3. The van der Waals surface area contributed by atoms with Gasteiger partial charge < -0.3 is 24.2 Å². The van der Waals surface area contributed by atoms with Crippen molar-refractivity contribution < 1.29 is 19.3 Å². The average molecular weight is 341 g/mol. The molecule has 3 aliphatic rings. The minimum atomic E-state index is -0.354. The van der Waals surface area contributed by atoms with Crippen LogP contribution in [0.1, 0.15) is 23.6 Å². The Labute approximate surface area is 147 Å². The zero-order valence-electron chi connectivity index (χ0n) is 14.8. The minimum absolute atomic E-state index is 0.0692. The van der Waals surface area contributed by atoms with Crippen molar-refractivity contribution in [3.05, 3.63) is 58.5 Å². The van der Waals surface area contributed by atoms with Crippen molar-refractivity contribution in [2.24, 2.45) is 0 Å². The molecule has 2 unspecified atom stereocenters. The van der Waals surface area contributed by atoms with Crippen LogP contribution in [0.4, 0.5) is 0 Å². The van der Waals surface area contributed by atoms with E-state index in [1.165, 1.54) is 16.7 Å². The van der Waals surface area contributed by atoms with Crippen LogP contribution in [0, 0.1) is 0 Å². The molecule has 132 valence electrons. The summed E-state index contributed by atoms with van der Waals surface area (Å²) in [6, 6.07) is 4.46. The first-order chi connectivity index (χ1) is 12.2. The molecule has 0 spiro atoms. The topological polar surface area (TPSA) is 57.6 Å². The van der Waals surface area contributed by atoms with E-state index in [2.05, 4.69) is 28.0 Å². The van der Waals surface area contributed by atoms with Gasteiger partial charge in [0.25, 0.3) is 0 Å². The summed E-state index contributed by atoms with van der Waals surface area (Å²) in [7, 11) is 5.05. The number of hydrogen-bond donors (Lipinski definition) is 0. The van der Waals surface area contributed by atoms with Crippen LogP contribution in [-0.2, 0) is 6.42 Å². The van der Waals surface area contributed by atoms with Gasteiger partial charge in [-0.05, 0) is 47.4 Å². The lowest BCUT2D eigenvalue weighted by Gasteiger charge is -2.43. The third-order valence-electron chi connectivity index (χ3n) is 5.40. The fourth-order valence-corrected chi connectivity index (χ4v) is 4.12.